The number of benzene rings is 2. The largest absolute Gasteiger partial charge is 0.333 e. The molecule has 2 aromatic carbocycles. The second kappa shape index (κ2) is 10.4. The molecule has 0 saturated carbocycles. The van der Waals surface area contributed by atoms with E-state index in [1.807, 2.05) is 55.5 Å². The SMILES string of the molecule is CCN1C[C@H](NC(=O)Nc2c(C)c(-c3ccc(=O)n(C)c3)nn2-c2ccccc2)[C@@H](c2ccccc2)C1. The number of aromatic nitrogens is 3. The first-order valence-electron chi connectivity index (χ1n) is 12.6. The lowest BCUT2D eigenvalue weighted by molar-refractivity contribution is 0.247. The number of urea groups is 1. The van der Waals surface area contributed by atoms with E-state index in [-0.39, 0.29) is 23.6 Å². The molecule has 8 heteroatoms. The van der Waals surface area contributed by atoms with Crippen LogP contribution in [0.15, 0.2) is 83.8 Å². The quantitative estimate of drug-likeness (QED) is 0.420. The van der Waals surface area contributed by atoms with Gasteiger partial charge in [0.25, 0.3) is 0 Å². The minimum Gasteiger partial charge on any atom is -0.333 e. The molecule has 1 saturated heterocycles. The maximum atomic E-state index is 13.4. The number of nitrogens with zero attached hydrogens (tertiary/aromatic N) is 4. The summed E-state index contributed by atoms with van der Waals surface area (Å²) < 4.78 is 3.27. The highest BCUT2D eigenvalue weighted by Crippen LogP contribution is 2.31. The van der Waals surface area contributed by atoms with Gasteiger partial charge in [-0.2, -0.15) is 5.10 Å². The van der Waals surface area contributed by atoms with Crippen molar-refractivity contribution in [2.24, 2.45) is 7.05 Å². The molecule has 1 aliphatic heterocycles. The lowest BCUT2D eigenvalue weighted by Gasteiger charge is -2.21. The maximum absolute atomic E-state index is 13.4. The third kappa shape index (κ3) is 5.06. The topological polar surface area (TPSA) is 84.2 Å². The van der Waals surface area contributed by atoms with Crippen LogP contribution in [0.1, 0.15) is 24.0 Å². The molecule has 4 aromatic rings. The summed E-state index contributed by atoms with van der Waals surface area (Å²) in [6.45, 7) is 6.72. The van der Waals surface area contributed by atoms with Gasteiger partial charge in [0.15, 0.2) is 0 Å². The molecule has 2 amide bonds. The van der Waals surface area contributed by atoms with E-state index in [9.17, 15) is 9.59 Å². The van der Waals surface area contributed by atoms with Crippen molar-refractivity contribution in [2.75, 3.05) is 25.0 Å². The molecule has 0 bridgehead atoms. The summed E-state index contributed by atoms with van der Waals surface area (Å²) in [7, 11) is 1.71. The second-order valence-corrected chi connectivity index (χ2v) is 9.51. The lowest BCUT2D eigenvalue weighted by Crippen LogP contribution is -2.42. The molecular formula is C29H32N6O2. The van der Waals surface area contributed by atoms with Gasteiger partial charge in [-0.15, -0.1) is 0 Å². The fourth-order valence-electron chi connectivity index (χ4n) is 5.05. The number of likely N-dealkylation sites (N-methyl/N-ethyl adjacent to an activating group) is 1. The minimum atomic E-state index is -0.268. The highest BCUT2D eigenvalue weighted by molar-refractivity contribution is 5.91. The van der Waals surface area contributed by atoms with Crippen LogP contribution >= 0.6 is 0 Å². The molecule has 5 rings (SSSR count). The monoisotopic (exact) mass is 496 g/mol. The van der Waals surface area contributed by atoms with Crippen molar-refractivity contribution in [1.82, 2.24) is 24.6 Å². The van der Waals surface area contributed by atoms with Gasteiger partial charge in [0.2, 0.25) is 5.56 Å². The van der Waals surface area contributed by atoms with Crippen LogP contribution in [0, 0.1) is 6.92 Å². The van der Waals surface area contributed by atoms with E-state index < -0.39 is 0 Å². The zero-order valence-corrected chi connectivity index (χ0v) is 21.4. The Morgan fingerprint density at radius 1 is 1.00 bits per heavy atom. The molecule has 2 aromatic heterocycles. The predicted octanol–water partition coefficient (Wildman–Crippen LogP) is 4.16. The molecule has 0 aliphatic carbocycles. The van der Waals surface area contributed by atoms with Crippen LogP contribution in [-0.2, 0) is 7.05 Å². The van der Waals surface area contributed by atoms with Crippen molar-refractivity contribution in [3.05, 3.63) is 100 Å². The zero-order chi connectivity index (χ0) is 25.9. The molecule has 2 N–H and O–H groups in total. The number of para-hydroxylation sites is 1. The molecule has 37 heavy (non-hydrogen) atoms. The number of rotatable bonds is 6. The Balaban J connectivity index is 1.45. The number of hydrogen-bond acceptors (Lipinski definition) is 4. The average molecular weight is 497 g/mol. The van der Waals surface area contributed by atoms with Crippen molar-refractivity contribution in [3.8, 4) is 16.9 Å². The molecule has 2 atom stereocenters. The normalized spacial score (nSPS) is 17.6. The van der Waals surface area contributed by atoms with Crippen LogP contribution < -0.4 is 16.2 Å². The fraction of sp³-hybridized carbons (Fsp3) is 0.276. The van der Waals surface area contributed by atoms with Gasteiger partial charge in [-0.1, -0.05) is 55.5 Å². The molecule has 190 valence electrons. The number of carbonyl (C=O) groups is 1. The summed E-state index contributed by atoms with van der Waals surface area (Å²) in [5.74, 6) is 0.808. The van der Waals surface area contributed by atoms with Crippen LogP contribution in [0.2, 0.25) is 0 Å². The van der Waals surface area contributed by atoms with Gasteiger partial charge in [0.1, 0.15) is 5.82 Å². The van der Waals surface area contributed by atoms with Gasteiger partial charge in [-0.25, -0.2) is 9.48 Å². The van der Waals surface area contributed by atoms with Crippen LogP contribution in [0.5, 0.6) is 0 Å². The third-order valence-corrected chi connectivity index (χ3v) is 7.10. The van der Waals surface area contributed by atoms with E-state index in [0.717, 1.165) is 36.4 Å². The summed E-state index contributed by atoms with van der Waals surface area (Å²) in [5, 5.41) is 11.2. The number of likely N-dealkylation sites (tertiary alicyclic amines) is 1. The number of carbonyl (C=O) groups excluding carboxylic acids is 1. The summed E-state index contributed by atoms with van der Waals surface area (Å²) in [6, 6.07) is 23.1. The molecular weight excluding hydrogens is 464 g/mol. The zero-order valence-electron chi connectivity index (χ0n) is 21.4. The Hall–Kier alpha value is -4.17. The molecule has 0 radical (unpaired) electrons. The number of anilines is 1. The van der Waals surface area contributed by atoms with Crippen molar-refractivity contribution in [2.45, 2.75) is 25.8 Å². The van der Waals surface area contributed by atoms with Crippen molar-refractivity contribution >= 4 is 11.8 Å². The number of aryl methyl sites for hydroxylation is 1. The van der Waals surface area contributed by atoms with E-state index in [1.165, 1.54) is 16.2 Å². The highest BCUT2D eigenvalue weighted by atomic mass is 16.2. The second-order valence-electron chi connectivity index (χ2n) is 9.51. The van der Waals surface area contributed by atoms with E-state index in [2.05, 4.69) is 34.6 Å². The van der Waals surface area contributed by atoms with Gasteiger partial charge < -0.3 is 14.8 Å². The summed E-state index contributed by atoms with van der Waals surface area (Å²) in [6.07, 6.45) is 1.76. The average Bonchev–Trinajstić information content (AvgIpc) is 3.47. The molecule has 8 nitrogen and oxygen atoms in total. The van der Waals surface area contributed by atoms with Crippen LogP contribution in [0.25, 0.3) is 16.9 Å². The first kappa shape index (κ1) is 24.5. The Morgan fingerprint density at radius 3 is 2.38 bits per heavy atom. The van der Waals surface area contributed by atoms with E-state index >= 15 is 0 Å². The Labute approximate surface area is 216 Å². The molecule has 0 unspecified atom stereocenters. The highest BCUT2D eigenvalue weighted by Gasteiger charge is 2.34. The predicted molar refractivity (Wildman–Crippen MR) is 146 cm³/mol. The van der Waals surface area contributed by atoms with E-state index in [0.29, 0.717) is 11.5 Å². The summed E-state index contributed by atoms with van der Waals surface area (Å²) >= 11 is 0. The molecule has 0 spiro atoms. The van der Waals surface area contributed by atoms with E-state index in [1.54, 1.807) is 24.0 Å². The van der Waals surface area contributed by atoms with Crippen LogP contribution in [0.4, 0.5) is 10.6 Å². The number of nitrogens with one attached hydrogen (secondary N) is 2. The Kier molecular flexibility index (Phi) is 6.92. The Morgan fingerprint density at radius 2 is 1.70 bits per heavy atom. The van der Waals surface area contributed by atoms with Gasteiger partial charge in [0, 0.05) is 49.4 Å². The van der Waals surface area contributed by atoms with Crippen molar-refractivity contribution in [3.63, 3.8) is 0 Å². The van der Waals surface area contributed by atoms with Gasteiger partial charge in [-0.05, 0) is 37.2 Å². The number of pyridine rings is 1. The van der Waals surface area contributed by atoms with Crippen molar-refractivity contribution < 1.29 is 4.79 Å². The third-order valence-electron chi connectivity index (χ3n) is 7.10. The summed E-state index contributed by atoms with van der Waals surface area (Å²) in [4.78, 5) is 27.7. The molecule has 1 fully saturated rings. The molecule has 3 heterocycles. The lowest BCUT2D eigenvalue weighted by atomic mass is 9.94. The fourth-order valence-corrected chi connectivity index (χ4v) is 5.05. The van der Waals surface area contributed by atoms with Gasteiger partial charge >= 0.3 is 6.03 Å². The molecule has 1 aliphatic rings. The number of amides is 2. The smallest absolute Gasteiger partial charge is 0.320 e. The van der Waals surface area contributed by atoms with Crippen molar-refractivity contribution in [1.29, 1.82) is 0 Å². The first-order valence-corrected chi connectivity index (χ1v) is 12.6. The van der Waals surface area contributed by atoms with Crippen LogP contribution in [0.3, 0.4) is 0 Å². The summed E-state index contributed by atoms with van der Waals surface area (Å²) in [5.41, 5.74) is 4.29. The first-order chi connectivity index (χ1) is 17.9. The van der Waals surface area contributed by atoms with Crippen LogP contribution in [-0.4, -0.2) is 51.0 Å². The van der Waals surface area contributed by atoms with E-state index in [4.69, 9.17) is 5.10 Å². The van der Waals surface area contributed by atoms with Gasteiger partial charge in [0.05, 0.1) is 17.4 Å². The maximum Gasteiger partial charge on any atom is 0.320 e. The standard InChI is InChI=1S/C29H32N6O2/c1-4-34-18-24(21-11-7-5-8-12-21)25(19-34)30-29(37)31-28-20(2)27(22-15-16-26(36)33(3)17-22)32-35(28)23-13-9-6-10-14-23/h5-17,24-25H,4,18-19H2,1-3H3,(H2,30,31,37)/t24-,25+/m1/s1. The Bertz CT molecular complexity index is 1440. The minimum absolute atomic E-state index is 0.0149. The number of hydrogen-bond donors (Lipinski definition) is 2. The van der Waals surface area contributed by atoms with Gasteiger partial charge in [-0.3, -0.25) is 10.1 Å².